The normalized spacial score (nSPS) is 11.1. The first-order valence-corrected chi connectivity index (χ1v) is 4.23. The van der Waals surface area contributed by atoms with Gasteiger partial charge < -0.3 is 20.4 Å². The highest BCUT2D eigenvalue weighted by molar-refractivity contribution is 5.73. The number of nitrogens with zero attached hydrogens (tertiary/aromatic N) is 2. The molecule has 0 atom stereocenters. The number of aliphatic carboxylic acids is 2. The Hall–Kier alpha value is -1.69. The van der Waals surface area contributed by atoms with E-state index in [1.807, 2.05) is 0 Å². The molecule has 0 rings (SSSR count). The van der Waals surface area contributed by atoms with Crippen molar-refractivity contribution in [1.82, 2.24) is 4.90 Å². The summed E-state index contributed by atoms with van der Waals surface area (Å²) in [5, 5.41) is 43.8. The molecule has 0 radical (unpaired) electrons. The monoisotopic (exact) mass is 232 g/mol. The van der Waals surface area contributed by atoms with Gasteiger partial charge in [-0.1, -0.05) is 0 Å². The van der Waals surface area contributed by atoms with E-state index < -0.39 is 43.8 Å². The lowest BCUT2D eigenvalue weighted by Crippen LogP contribution is -2.56. The first kappa shape index (κ1) is 14.3. The first-order valence-electron chi connectivity index (χ1n) is 4.23. The van der Waals surface area contributed by atoms with Gasteiger partial charge in [0, 0.05) is 0 Å². The summed E-state index contributed by atoms with van der Waals surface area (Å²) in [6.45, 7) is -3.25. The molecular weight excluding hydrogens is 220 g/mol. The van der Waals surface area contributed by atoms with E-state index in [-0.39, 0.29) is 0 Å². The zero-order chi connectivity index (χ0) is 12.8. The molecule has 0 saturated heterocycles. The molecular formula is C8H12N2O6. The number of rotatable bonds is 7. The van der Waals surface area contributed by atoms with Crippen LogP contribution in [0.4, 0.5) is 0 Å². The highest BCUT2D eigenvalue weighted by Gasteiger charge is 2.38. The zero-order valence-corrected chi connectivity index (χ0v) is 8.33. The zero-order valence-electron chi connectivity index (χ0n) is 8.33. The SMILES string of the molecule is N#CC(CO)(CO)N(CC(=O)O)CC(=O)O. The predicted octanol–water partition coefficient (Wildman–Crippen LogP) is -2.30. The minimum atomic E-state index is -1.91. The van der Waals surface area contributed by atoms with E-state index in [1.165, 1.54) is 6.07 Å². The van der Waals surface area contributed by atoms with Crippen LogP contribution < -0.4 is 0 Å². The van der Waals surface area contributed by atoms with Crippen molar-refractivity contribution < 1.29 is 30.0 Å². The van der Waals surface area contributed by atoms with Crippen molar-refractivity contribution in [2.45, 2.75) is 5.54 Å². The van der Waals surface area contributed by atoms with Gasteiger partial charge in [-0.15, -0.1) is 0 Å². The molecule has 16 heavy (non-hydrogen) atoms. The third-order valence-electron chi connectivity index (χ3n) is 1.99. The third kappa shape index (κ3) is 3.47. The number of aliphatic hydroxyl groups excluding tert-OH is 2. The second-order valence-corrected chi connectivity index (χ2v) is 3.10. The lowest BCUT2D eigenvalue weighted by Gasteiger charge is -2.33. The molecule has 0 heterocycles. The molecule has 0 fully saturated rings. The van der Waals surface area contributed by atoms with E-state index >= 15 is 0 Å². The standard InChI is InChI=1S/C8H12N2O6/c9-3-8(4-11,5-12)10(1-6(13)14)2-7(15)16/h11-12H,1-2,4-5H2,(H,13,14)(H,15,16). The summed E-state index contributed by atoms with van der Waals surface area (Å²) >= 11 is 0. The fraction of sp³-hybridized carbons (Fsp3) is 0.625. The maximum Gasteiger partial charge on any atom is 0.317 e. The van der Waals surface area contributed by atoms with Crippen LogP contribution in [0.15, 0.2) is 0 Å². The smallest absolute Gasteiger partial charge is 0.317 e. The highest BCUT2D eigenvalue weighted by Crippen LogP contribution is 2.13. The van der Waals surface area contributed by atoms with E-state index in [0.717, 1.165) is 0 Å². The van der Waals surface area contributed by atoms with Gasteiger partial charge in [0.1, 0.15) is 0 Å². The quantitative estimate of drug-likeness (QED) is 0.384. The number of carboxylic acids is 2. The molecule has 0 aromatic carbocycles. The summed E-state index contributed by atoms with van der Waals surface area (Å²) in [6.07, 6.45) is 0. The number of nitriles is 1. The molecule has 0 aromatic rings. The Morgan fingerprint density at radius 1 is 1.12 bits per heavy atom. The summed E-state index contributed by atoms with van der Waals surface area (Å²) < 4.78 is 0. The summed E-state index contributed by atoms with van der Waals surface area (Å²) in [4.78, 5) is 21.6. The van der Waals surface area contributed by atoms with Crippen LogP contribution in [0.5, 0.6) is 0 Å². The minimum Gasteiger partial charge on any atom is -0.480 e. The lowest BCUT2D eigenvalue weighted by molar-refractivity contribution is -0.145. The van der Waals surface area contributed by atoms with Crippen LogP contribution in [-0.4, -0.2) is 69.1 Å². The Balaban J connectivity index is 5.04. The van der Waals surface area contributed by atoms with Crippen LogP contribution in [-0.2, 0) is 9.59 Å². The summed E-state index contributed by atoms with van der Waals surface area (Å²) in [5.41, 5.74) is -1.91. The Morgan fingerprint density at radius 3 is 1.69 bits per heavy atom. The largest absolute Gasteiger partial charge is 0.480 e. The maximum atomic E-state index is 10.5. The highest BCUT2D eigenvalue weighted by atomic mass is 16.4. The molecule has 4 N–H and O–H groups in total. The first-order chi connectivity index (χ1) is 7.41. The summed E-state index contributed by atoms with van der Waals surface area (Å²) in [5.74, 6) is -2.72. The van der Waals surface area contributed by atoms with Crippen molar-refractivity contribution >= 4 is 11.9 Å². The van der Waals surface area contributed by atoms with Gasteiger partial charge in [0.25, 0.3) is 0 Å². The van der Waals surface area contributed by atoms with Gasteiger partial charge >= 0.3 is 11.9 Å². The molecule has 90 valence electrons. The molecule has 8 nitrogen and oxygen atoms in total. The van der Waals surface area contributed by atoms with E-state index in [1.54, 1.807) is 0 Å². The molecule has 0 bridgehead atoms. The van der Waals surface area contributed by atoms with Crippen molar-refractivity contribution in [3.8, 4) is 6.07 Å². The lowest BCUT2D eigenvalue weighted by atomic mass is 10.0. The van der Waals surface area contributed by atoms with E-state index in [0.29, 0.717) is 4.90 Å². The second kappa shape index (κ2) is 6.02. The number of aliphatic hydroxyl groups is 2. The van der Waals surface area contributed by atoms with Crippen LogP contribution in [0.2, 0.25) is 0 Å². The number of carboxylic acid groups (broad SMARTS) is 2. The summed E-state index contributed by atoms with van der Waals surface area (Å²) in [6, 6.07) is 1.52. The minimum absolute atomic E-state index is 0.692. The van der Waals surface area contributed by atoms with Gasteiger partial charge in [-0.3, -0.25) is 14.5 Å². The van der Waals surface area contributed by atoms with Gasteiger partial charge in [0.05, 0.1) is 32.4 Å². The molecule has 0 aromatic heterocycles. The van der Waals surface area contributed by atoms with E-state index in [4.69, 9.17) is 25.7 Å². The van der Waals surface area contributed by atoms with Gasteiger partial charge in [0.15, 0.2) is 5.54 Å². The molecule has 0 unspecified atom stereocenters. The van der Waals surface area contributed by atoms with Crippen LogP contribution in [0, 0.1) is 11.3 Å². The van der Waals surface area contributed by atoms with Gasteiger partial charge in [-0.05, 0) is 0 Å². The predicted molar refractivity (Wildman–Crippen MR) is 49.4 cm³/mol. The molecule has 0 aliphatic carbocycles. The Bertz CT molecular complexity index is 290. The third-order valence-corrected chi connectivity index (χ3v) is 1.99. The Morgan fingerprint density at radius 2 is 1.50 bits per heavy atom. The van der Waals surface area contributed by atoms with E-state index in [9.17, 15) is 9.59 Å². The van der Waals surface area contributed by atoms with Crippen LogP contribution in [0.1, 0.15) is 0 Å². The molecule has 0 spiro atoms. The topological polar surface area (TPSA) is 142 Å². The fourth-order valence-corrected chi connectivity index (χ4v) is 1.08. The number of hydrogen-bond donors (Lipinski definition) is 4. The summed E-state index contributed by atoms with van der Waals surface area (Å²) in [7, 11) is 0. The van der Waals surface area contributed by atoms with E-state index in [2.05, 4.69) is 0 Å². The van der Waals surface area contributed by atoms with Crippen LogP contribution in [0.25, 0.3) is 0 Å². The van der Waals surface area contributed by atoms with Crippen molar-refractivity contribution in [2.24, 2.45) is 0 Å². The fourth-order valence-electron chi connectivity index (χ4n) is 1.08. The van der Waals surface area contributed by atoms with Crippen molar-refractivity contribution in [2.75, 3.05) is 26.3 Å². The van der Waals surface area contributed by atoms with Gasteiger partial charge in [-0.2, -0.15) is 5.26 Å². The van der Waals surface area contributed by atoms with Crippen molar-refractivity contribution in [3.05, 3.63) is 0 Å². The second-order valence-electron chi connectivity index (χ2n) is 3.10. The number of carbonyl (C=O) groups is 2. The van der Waals surface area contributed by atoms with Gasteiger partial charge in [0.2, 0.25) is 0 Å². The molecule has 8 heteroatoms. The molecule has 0 amide bonds. The van der Waals surface area contributed by atoms with Crippen LogP contribution >= 0.6 is 0 Å². The van der Waals surface area contributed by atoms with Crippen molar-refractivity contribution in [1.29, 1.82) is 5.26 Å². The van der Waals surface area contributed by atoms with Gasteiger partial charge in [-0.25, -0.2) is 0 Å². The Labute approximate surface area is 90.9 Å². The van der Waals surface area contributed by atoms with Crippen LogP contribution in [0.3, 0.4) is 0 Å². The van der Waals surface area contributed by atoms with Crippen molar-refractivity contribution in [3.63, 3.8) is 0 Å². The Kier molecular flexibility index (Phi) is 5.38. The average Bonchev–Trinajstić information content (AvgIpc) is 2.19. The molecule has 0 aliphatic heterocycles. The molecule has 0 saturated carbocycles. The molecule has 0 aliphatic rings. The number of hydrogen-bond acceptors (Lipinski definition) is 6. The maximum absolute atomic E-state index is 10.5. The average molecular weight is 232 g/mol.